The Hall–Kier alpha value is -2.66. The highest BCUT2D eigenvalue weighted by Crippen LogP contribution is 2.23. The maximum atomic E-state index is 13.1. The smallest absolute Gasteiger partial charge is 0.260 e. The summed E-state index contributed by atoms with van der Waals surface area (Å²) in [6.07, 6.45) is 1.68. The van der Waals surface area contributed by atoms with Gasteiger partial charge in [0.1, 0.15) is 11.6 Å². The van der Waals surface area contributed by atoms with Gasteiger partial charge in [-0.25, -0.2) is 4.98 Å². The maximum absolute atomic E-state index is 13.1. The van der Waals surface area contributed by atoms with Crippen LogP contribution in [0.25, 0.3) is 0 Å². The number of anilines is 1. The molecule has 1 heterocycles. The highest BCUT2D eigenvalue weighted by molar-refractivity contribution is 9.10. The van der Waals surface area contributed by atoms with E-state index < -0.39 is 0 Å². The van der Waals surface area contributed by atoms with E-state index in [4.69, 9.17) is 4.74 Å². The second-order valence-electron chi connectivity index (χ2n) is 5.41. The van der Waals surface area contributed by atoms with Crippen molar-refractivity contribution in [1.29, 1.82) is 0 Å². The van der Waals surface area contributed by atoms with E-state index in [1.165, 1.54) is 0 Å². The lowest BCUT2D eigenvalue weighted by atomic mass is 10.1. The van der Waals surface area contributed by atoms with Crippen LogP contribution < -0.4 is 9.64 Å². The molecule has 126 valence electrons. The topological polar surface area (TPSA) is 42.4 Å². The van der Waals surface area contributed by atoms with Crippen molar-refractivity contribution in [3.05, 3.63) is 88.5 Å². The molecule has 0 aliphatic heterocycles. The van der Waals surface area contributed by atoms with Gasteiger partial charge in [0.15, 0.2) is 0 Å². The van der Waals surface area contributed by atoms with E-state index in [0.29, 0.717) is 17.9 Å². The van der Waals surface area contributed by atoms with Gasteiger partial charge in [0.25, 0.3) is 5.91 Å². The molecular weight excluding hydrogens is 380 g/mol. The molecule has 0 aliphatic carbocycles. The van der Waals surface area contributed by atoms with E-state index in [-0.39, 0.29) is 5.91 Å². The van der Waals surface area contributed by atoms with Crippen molar-refractivity contribution in [3.63, 3.8) is 0 Å². The van der Waals surface area contributed by atoms with Crippen LogP contribution in [-0.2, 0) is 6.54 Å². The van der Waals surface area contributed by atoms with Crippen LogP contribution in [-0.4, -0.2) is 18.0 Å². The first kappa shape index (κ1) is 17.2. The summed E-state index contributed by atoms with van der Waals surface area (Å²) >= 11 is 3.46. The molecule has 1 amide bonds. The van der Waals surface area contributed by atoms with Crippen molar-refractivity contribution in [3.8, 4) is 5.75 Å². The highest BCUT2D eigenvalue weighted by Gasteiger charge is 2.21. The van der Waals surface area contributed by atoms with Crippen LogP contribution in [0.1, 0.15) is 15.9 Å². The van der Waals surface area contributed by atoms with Crippen LogP contribution in [0.15, 0.2) is 77.4 Å². The summed E-state index contributed by atoms with van der Waals surface area (Å²) in [5.74, 6) is 1.28. The predicted molar refractivity (Wildman–Crippen MR) is 102 cm³/mol. The highest BCUT2D eigenvalue weighted by atomic mass is 79.9. The summed E-state index contributed by atoms with van der Waals surface area (Å²) < 4.78 is 5.95. The van der Waals surface area contributed by atoms with E-state index in [1.54, 1.807) is 24.3 Å². The molecule has 1 aromatic heterocycles. The van der Waals surface area contributed by atoms with Crippen LogP contribution in [0.5, 0.6) is 5.75 Å². The number of pyridine rings is 1. The minimum atomic E-state index is -0.109. The number of amides is 1. The Morgan fingerprint density at radius 3 is 2.40 bits per heavy atom. The number of methoxy groups -OCH3 is 1. The third-order valence-corrected chi connectivity index (χ3v) is 4.47. The largest absolute Gasteiger partial charge is 0.497 e. The third-order valence-electron chi connectivity index (χ3n) is 3.77. The lowest BCUT2D eigenvalue weighted by molar-refractivity contribution is 0.0983. The Morgan fingerprint density at radius 1 is 1.04 bits per heavy atom. The molecule has 25 heavy (non-hydrogen) atoms. The summed E-state index contributed by atoms with van der Waals surface area (Å²) in [6, 6.07) is 20.6. The molecule has 3 aromatic rings. The molecule has 0 bridgehead atoms. The number of benzene rings is 2. The van der Waals surface area contributed by atoms with Crippen molar-refractivity contribution in [1.82, 2.24) is 4.98 Å². The summed E-state index contributed by atoms with van der Waals surface area (Å²) in [4.78, 5) is 19.1. The number of hydrogen-bond donors (Lipinski definition) is 0. The third kappa shape index (κ3) is 4.06. The molecule has 0 N–H and O–H groups in total. The Kier molecular flexibility index (Phi) is 5.46. The number of rotatable bonds is 5. The van der Waals surface area contributed by atoms with Crippen molar-refractivity contribution >= 4 is 27.7 Å². The molecule has 0 aliphatic rings. The van der Waals surface area contributed by atoms with E-state index in [9.17, 15) is 4.79 Å². The van der Waals surface area contributed by atoms with Gasteiger partial charge in [0, 0.05) is 10.7 Å². The first-order valence-electron chi connectivity index (χ1n) is 7.79. The van der Waals surface area contributed by atoms with Crippen LogP contribution in [0.4, 0.5) is 5.82 Å². The molecule has 4 nitrogen and oxygen atoms in total. The molecule has 0 saturated heterocycles. The molecule has 0 unspecified atom stereocenters. The minimum Gasteiger partial charge on any atom is -0.497 e. The Labute approximate surface area is 155 Å². The second-order valence-corrected chi connectivity index (χ2v) is 6.26. The van der Waals surface area contributed by atoms with Gasteiger partial charge >= 0.3 is 0 Å². The molecule has 3 rings (SSSR count). The van der Waals surface area contributed by atoms with Crippen molar-refractivity contribution in [2.75, 3.05) is 12.0 Å². The van der Waals surface area contributed by atoms with Gasteiger partial charge in [0.05, 0.1) is 19.2 Å². The van der Waals surface area contributed by atoms with Gasteiger partial charge in [-0.15, -0.1) is 0 Å². The van der Waals surface area contributed by atoms with Crippen LogP contribution in [0.3, 0.4) is 0 Å². The minimum absolute atomic E-state index is 0.109. The van der Waals surface area contributed by atoms with Crippen molar-refractivity contribution < 1.29 is 9.53 Å². The molecule has 5 heteroatoms. The van der Waals surface area contributed by atoms with E-state index in [2.05, 4.69) is 20.9 Å². The summed E-state index contributed by atoms with van der Waals surface area (Å²) in [5.41, 5.74) is 1.59. The zero-order chi connectivity index (χ0) is 17.6. The summed E-state index contributed by atoms with van der Waals surface area (Å²) in [6.45, 7) is 0.418. The Balaban J connectivity index is 1.95. The van der Waals surface area contributed by atoms with Gasteiger partial charge < -0.3 is 4.74 Å². The number of carbonyl (C=O) groups is 1. The molecule has 0 spiro atoms. The number of aromatic nitrogens is 1. The van der Waals surface area contributed by atoms with E-state index >= 15 is 0 Å². The number of halogens is 1. The number of nitrogens with zero attached hydrogens (tertiary/aromatic N) is 2. The summed E-state index contributed by atoms with van der Waals surface area (Å²) in [7, 11) is 1.63. The predicted octanol–water partition coefficient (Wildman–Crippen LogP) is 4.70. The second kappa shape index (κ2) is 7.94. The fraction of sp³-hybridized carbons (Fsp3) is 0.100. The van der Waals surface area contributed by atoms with Gasteiger partial charge in [-0.1, -0.05) is 30.3 Å². The molecule has 2 aromatic carbocycles. The number of ether oxygens (including phenoxy) is 1. The fourth-order valence-corrected chi connectivity index (χ4v) is 2.92. The molecule has 0 radical (unpaired) electrons. The van der Waals surface area contributed by atoms with Gasteiger partial charge in [-0.2, -0.15) is 0 Å². The average molecular weight is 397 g/mol. The Bertz CT molecular complexity index is 851. The Morgan fingerprint density at radius 2 is 1.76 bits per heavy atom. The SMILES string of the molecule is COc1ccc(CN(C(=O)c2ccccc2Br)c2ccccn2)cc1. The van der Waals surface area contributed by atoms with E-state index in [1.807, 2.05) is 60.7 Å². The number of hydrogen-bond acceptors (Lipinski definition) is 3. The number of carbonyl (C=O) groups excluding carboxylic acids is 1. The molecular formula is C20H17BrN2O2. The van der Waals surface area contributed by atoms with E-state index in [0.717, 1.165) is 15.8 Å². The fourth-order valence-electron chi connectivity index (χ4n) is 2.46. The van der Waals surface area contributed by atoms with Crippen LogP contribution >= 0.6 is 15.9 Å². The zero-order valence-corrected chi connectivity index (χ0v) is 15.3. The lowest BCUT2D eigenvalue weighted by Gasteiger charge is -2.22. The van der Waals surface area contributed by atoms with Gasteiger partial charge in [-0.05, 0) is 57.9 Å². The first-order valence-corrected chi connectivity index (χ1v) is 8.58. The quantitative estimate of drug-likeness (QED) is 0.627. The van der Waals surface area contributed by atoms with Crippen LogP contribution in [0.2, 0.25) is 0 Å². The van der Waals surface area contributed by atoms with Crippen molar-refractivity contribution in [2.24, 2.45) is 0 Å². The molecule has 0 saturated carbocycles. The normalized spacial score (nSPS) is 10.3. The molecule has 0 fully saturated rings. The zero-order valence-electron chi connectivity index (χ0n) is 13.7. The van der Waals surface area contributed by atoms with Crippen molar-refractivity contribution in [2.45, 2.75) is 6.54 Å². The van der Waals surface area contributed by atoms with Crippen LogP contribution in [0, 0.1) is 0 Å². The monoisotopic (exact) mass is 396 g/mol. The lowest BCUT2D eigenvalue weighted by Crippen LogP contribution is -2.31. The standard InChI is InChI=1S/C20H17BrN2O2/c1-25-16-11-9-15(10-12-16)14-23(19-8-4-5-13-22-19)20(24)17-6-2-3-7-18(17)21/h2-13H,14H2,1H3. The molecule has 0 atom stereocenters. The van der Waals surface area contributed by atoms with Gasteiger partial charge in [-0.3, -0.25) is 9.69 Å². The van der Waals surface area contributed by atoms with Gasteiger partial charge in [0.2, 0.25) is 0 Å². The maximum Gasteiger partial charge on any atom is 0.260 e. The summed E-state index contributed by atoms with van der Waals surface area (Å²) in [5, 5.41) is 0. The average Bonchev–Trinajstić information content (AvgIpc) is 2.67. The first-order chi connectivity index (χ1) is 12.2.